The molecular weight excluding hydrogens is 404 g/mol. The van der Waals surface area contributed by atoms with E-state index in [-0.39, 0.29) is 22.0 Å². The van der Waals surface area contributed by atoms with Gasteiger partial charge in [0, 0.05) is 16.7 Å². The van der Waals surface area contributed by atoms with Crippen LogP contribution in [0.5, 0.6) is 11.5 Å². The van der Waals surface area contributed by atoms with Gasteiger partial charge in [-0.3, -0.25) is 14.8 Å². The molecule has 144 valence electrons. The van der Waals surface area contributed by atoms with E-state index in [2.05, 4.69) is 4.72 Å². The van der Waals surface area contributed by atoms with Crippen molar-refractivity contribution in [2.45, 2.75) is 11.8 Å². The van der Waals surface area contributed by atoms with Gasteiger partial charge in [0.15, 0.2) is 5.75 Å². The Bertz CT molecular complexity index is 1130. The first kappa shape index (κ1) is 19.7. The van der Waals surface area contributed by atoms with Gasteiger partial charge in [-0.25, -0.2) is 8.42 Å². The molecule has 0 aliphatic heterocycles. The second-order valence-electron chi connectivity index (χ2n) is 5.87. The standard InChI is InChI=1S/C19H15ClN2O5S/c1-13-7-9-16(12-18(13)22(23)24)28(25,26)21-17-11-14(20)8-10-19(17)27-15-5-3-2-4-6-15/h2-12,21H,1H3. The second-order valence-corrected chi connectivity index (χ2v) is 7.99. The Morgan fingerprint density at radius 1 is 1.04 bits per heavy atom. The van der Waals surface area contributed by atoms with Crippen LogP contribution in [-0.2, 0) is 10.0 Å². The second kappa shape index (κ2) is 7.87. The molecule has 0 aliphatic rings. The van der Waals surface area contributed by atoms with Gasteiger partial charge in [0.2, 0.25) is 0 Å². The molecule has 0 heterocycles. The van der Waals surface area contributed by atoms with E-state index >= 15 is 0 Å². The van der Waals surface area contributed by atoms with Crippen LogP contribution in [0.25, 0.3) is 0 Å². The van der Waals surface area contributed by atoms with Gasteiger partial charge in [-0.2, -0.15) is 0 Å². The highest BCUT2D eigenvalue weighted by molar-refractivity contribution is 7.92. The SMILES string of the molecule is Cc1ccc(S(=O)(=O)Nc2cc(Cl)ccc2Oc2ccccc2)cc1[N+](=O)[O-]. The van der Waals surface area contributed by atoms with Crippen molar-refractivity contribution in [2.24, 2.45) is 0 Å². The molecule has 0 radical (unpaired) electrons. The number of aryl methyl sites for hydroxylation is 1. The van der Waals surface area contributed by atoms with Gasteiger partial charge in [-0.15, -0.1) is 0 Å². The quantitative estimate of drug-likeness (QED) is 0.441. The van der Waals surface area contributed by atoms with E-state index in [0.717, 1.165) is 6.07 Å². The van der Waals surface area contributed by atoms with Gasteiger partial charge in [-0.1, -0.05) is 35.9 Å². The lowest BCUT2D eigenvalue weighted by molar-refractivity contribution is -0.385. The number of halogens is 1. The Morgan fingerprint density at radius 2 is 1.75 bits per heavy atom. The fourth-order valence-electron chi connectivity index (χ4n) is 2.44. The lowest BCUT2D eigenvalue weighted by Crippen LogP contribution is -2.14. The molecule has 0 unspecified atom stereocenters. The Balaban J connectivity index is 1.97. The molecule has 9 heteroatoms. The van der Waals surface area contributed by atoms with Crippen LogP contribution >= 0.6 is 11.6 Å². The number of nitro groups is 1. The van der Waals surface area contributed by atoms with Gasteiger partial charge in [-0.05, 0) is 43.3 Å². The molecule has 3 rings (SSSR count). The molecular formula is C19H15ClN2O5S. The van der Waals surface area contributed by atoms with E-state index in [0.29, 0.717) is 16.3 Å². The van der Waals surface area contributed by atoms with Crippen molar-refractivity contribution < 1.29 is 18.1 Å². The molecule has 3 aromatic rings. The van der Waals surface area contributed by atoms with Gasteiger partial charge in [0.25, 0.3) is 15.7 Å². The maximum absolute atomic E-state index is 12.8. The summed E-state index contributed by atoms with van der Waals surface area (Å²) in [6.07, 6.45) is 0. The van der Waals surface area contributed by atoms with E-state index in [4.69, 9.17) is 16.3 Å². The summed E-state index contributed by atoms with van der Waals surface area (Å²) in [5, 5.41) is 11.4. The highest BCUT2D eigenvalue weighted by Crippen LogP contribution is 2.34. The van der Waals surface area contributed by atoms with Crippen LogP contribution in [0.3, 0.4) is 0 Å². The molecule has 0 amide bonds. The normalized spacial score (nSPS) is 11.1. The van der Waals surface area contributed by atoms with Crippen LogP contribution in [0.15, 0.2) is 71.6 Å². The van der Waals surface area contributed by atoms with Crippen LogP contribution < -0.4 is 9.46 Å². The molecule has 0 aromatic heterocycles. The highest BCUT2D eigenvalue weighted by atomic mass is 35.5. The minimum atomic E-state index is -4.11. The Kier molecular flexibility index (Phi) is 5.53. The van der Waals surface area contributed by atoms with Crippen molar-refractivity contribution in [2.75, 3.05) is 4.72 Å². The smallest absolute Gasteiger partial charge is 0.273 e. The summed E-state index contributed by atoms with van der Waals surface area (Å²) < 4.78 is 33.7. The van der Waals surface area contributed by atoms with Crippen LogP contribution in [0, 0.1) is 17.0 Å². The Hall–Kier alpha value is -3.10. The Labute approximate surface area is 166 Å². The minimum absolute atomic E-state index is 0.111. The number of rotatable bonds is 6. The molecule has 0 saturated carbocycles. The fourth-order valence-corrected chi connectivity index (χ4v) is 3.70. The number of nitrogens with one attached hydrogen (secondary N) is 1. The summed E-state index contributed by atoms with van der Waals surface area (Å²) in [6.45, 7) is 1.53. The zero-order valence-corrected chi connectivity index (χ0v) is 16.2. The predicted molar refractivity (Wildman–Crippen MR) is 107 cm³/mol. The molecule has 3 aromatic carbocycles. The van der Waals surface area contributed by atoms with Crippen LogP contribution in [0.1, 0.15) is 5.56 Å². The van der Waals surface area contributed by atoms with E-state index in [1.54, 1.807) is 30.3 Å². The first-order valence-electron chi connectivity index (χ1n) is 8.06. The van der Waals surface area contributed by atoms with Crippen molar-refractivity contribution in [3.8, 4) is 11.5 Å². The number of nitrogens with zero attached hydrogens (tertiary/aromatic N) is 1. The largest absolute Gasteiger partial charge is 0.455 e. The molecule has 1 N–H and O–H groups in total. The van der Waals surface area contributed by atoms with E-state index in [1.807, 2.05) is 6.07 Å². The average Bonchev–Trinajstić information content (AvgIpc) is 2.64. The van der Waals surface area contributed by atoms with Gasteiger partial charge >= 0.3 is 0 Å². The minimum Gasteiger partial charge on any atom is -0.455 e. The summed E-state index contributed by atoms with van der Waals surface area (Å²) in [6, 6.07) is 17.0. The van der Waals surface area contributed by atoms with Crippen molar-refractivity contribution in [3.05, 3.63) is 87.4 Å². The summed E-state index contributed by atoms with van der Waals surface area (Å²) >= 11 is 6.00. The molecule has 0 spiro atoms. The number of ether oxygens (including phenoxy) is 1. The monoisotopic (exact) mass is 418 g/mol. The zero-order chi connectivity index (χ0) is 20.3. The number of sulfonamides is 1. The third kappa shape index (κ3) is 4.41. The third-order valence-corrected chi connectivity index (χ3v) is 5.44. The molecule has 0 fully saturated rings. The molecule has 0 bridgehead atoms. The van der Waals surface area contributed by atoms with Crippen molar-refractivity contribution in [3.63, 3.8) is 0 Å². The first-order valence-corrected chi connectivity index (χ1v) is 9.93. The van der Waals surface area contributed by atoms with Gasteiger partial charge in [0.1, 0.15) is 5.75 Å². The topological polar surface area (TPSA) is 98.5 Å². The predicted octanol–water partition coefficient (Wildman–Crippen LogP) is 5.15. The summed E-state index contributed by atoms with van der Waals surface area (Å²) in [5.74, 6) is 0.747. The number of nitro benzene ring substituents is 1. The van der Waals surface area contributed by atoms with Crippen molar-refractivity contribution >= 4 is 33.0 Å². The number of para-hydroxylation sites is 1. The van der Waals surface area contributed by atoms with Crippen molar-refractivity contribution in [1.82, 2.24) is 0 Å². The lowest BCUT2D eigenvalue weighted by atomic mass is 10.2. The van der Waals surface area contributed by atoms with Gasteiger partial charge in [0.05, 0.1) is 15.5 Å². The maximum Gasteiger partial charge on any atom is 0.273 e. The van der Waals surface area contributed by atoms with Crippen molar-refractivity contribution in [1.29, 1.82) is 0 Å². The van der Waals surface area contributed by atoms with Gasteiger partial charge < -0.3 is 4.74 Å². The molecule has 0 saturated heterocycles. The van der Waals surface area contributed by atoms with Crippen LogP contribution in [-0.4, -0.2) is 13.3 Å². The Morgan fingerprint density at radius 3 is 2.43 bits per heavy atom. The number of anilines is 1. The molecule has 0 aliphatic carbocycles. The highest BCUT2D eigenvalue weighted by Gasteiger charge is 2.21. The third-order valence-electron chi connectivity index (χ3n) is 3.84. The summed E-state index contributed by atoms with van der Waals surface area (Å²) in [5.41, 5.74) is 0.189. The zero-order valence-electron chi connectivity index (χ0n) is 14.6. The van der Waals surface area contributed by atoms with Crippen LogP contribution in [0.2, 0.25) is 5.02 Å². The van der Waals surface area contributed by atoms with E-state index in [1.165, 1.54) is 31.2 Å². The van der Waals surface area contributed by atoms with E-state index < -0.39 is 14.9 Å². The average molecular weight is 419 g/mol. The maximum atomic E-state index is 12.8. The lowest BCUT2D eigenvalue weighted by Gasteiger charge is -2.14. The molecule has 28 heavy (non-hydrogen) atoms. The number of benzene rings is 3. The fraction of sp³-hybridized carbons (Fsp3) is 0.0526. The molecule has 7 nitrogen and oxygen atoms in total. The molecule has 0 atom stereocenters. The van der Waals surface area contributed by atoms with Crippen LogP contribution in [0.4, 0.5) is 11.4 Å². The van der Waals surface area contributed by atoms with E-state index in [9.17, 15) is 18.5 Å². The number of hydrogen-bond donors (Lipinski definition) is 1. The first-order chi connectivity index (χ1) is 13.3. The summed E-state index contributed by atoms with van der Waals surface area (Å²) in [7, 11) is -4.11. The number of hydrogen-bond acceptors (Lipinski definition) is 5. The summed E-state index contributed by atoms with van der Waals surface area (Å²) in [4.78, 5) is 10.2.